The van der Waals surface area contributed by atoms with Gasteiger partial charge in [0.05, 0.1) is 17.7 Å². The van der Waals surface area contributed by atoms with Crippen LogP contribution in [-0.4, -0.2) is 45.7 Å². The van der Waals surface area contributed by atoms with Crippen LogP contribution in [0.5, 0.6) is 0 Å². The molecule has 1 amide bonds. The van der Waals surface area contributed by atoms with Crippen molar-refractivity contribution >= 4 is 11.9 Å². The van der Waals surface area contributed by atoms with Gasteiger partial charge in [-0.2, -0.15) is 0 Å². The van der Waals surface area contributed by atoms with Crippen LogP contribution in [0.2, 0.25) is 0 Å². The van der Waals surface area contributed by atoms with Crippen molar-refractivity contribution in [3.63, 3.8) is 0 Å². The fourth-order valence-electron chi connectivity index (χ4n) is 3.82. The molecule has 5 nitrogen and oxygen atoms in total. The summed E-state index contributed by atoms with van der Waals surface area (Å²) in [5.41, 5.74) is 1.88. The van der Waals surface area contributed by atoms with Crippen molar-refractivity contribution in [1.29, 1.82) is 0 Å². The van der Waals surface area contributed by atoms with Crippen LogP contribution >= 0.6 is 0 Å². The number of carbonyl (C=O) groups is 2. The molecule has 2 aromatic carbocycles. The molecule has 0 saturated carbocycles. The third-order valence-electron chi connectivity index (χ3n) is 5.99. The predicted octanol–water partition coefficient (Wildman–Crippen LogP) is 3.81. The maximum Gasteiger partial charge on any atom is 0.335 e. The maximum absolute atomic E-state index is 12.4. The number of aromatic carboxylic acids is 1. The molecule has 1 aliphatic rings. The van der Waals surface area contributed by atoms with E-state index in [9.17, 15) is 14.7 Å². The highest BCUT2D eigenvalue weighted by molar-refractivity contribution is 5.87. The number of likely N-dealkylation sites (tertiary alicyclic amines) is 1. The lowest BCUT2D eigenvalue weighted by molar-refractivity contribution is -0.128. The summed E-state index contributed by atoms with van der Waals surface area (Å²) >= 11 is 0. The van der Waals surface area contributed by atoms with E-state index in [4.69, 9.17) is 5.11 Å². The van der Waals surface area contributed by atoms with E-state index in [1.54, 1.807) is 24.3 Å². The Kier molecular flexibility index (Phi) is 6.73. The molecule has 0 aliphatic carbocycles. The van der Waals surface area contributed by atoms with Gasteiger partial charge in [-0.25, -0.2) is 4.79 Å². The van der Waals surface area contributed by atoms with E-state index < -0.39 is 17.5 Å². The fourth-order valence-corrected chi connectivity index (χ4v) is 3.82. The minimum absolute atomic E-state index is 0.0305. The van der Waals surface area contributed by atoms with Crippen LogP contribution < -0.4 is 0 Å². The lowest BCUT2D eigenvalue weighted by Crippen LogP contribution is -2.35. The number of carboxylic acids is 1. The molecule has 2 atom stereocenters. The summed E-state index contributed by atoms with van der Waals surface area (Å²) in [6.45, 7) is 4.59. The minimum Gasteiger partial charge on any atom is -0.478 e. The molecule has 0 aromatic heterocycles. The molecule has 3 rings (SSSR count). The highest BCUT2D eigenvalue weighted by Crippen LogP contribution is 2.29. The van der Waals surface area contributed by atoms with Crippen LogP contribution in [0, 0.1) is 0 Å². The van der Waals surface area contributed by atoms with Crippen molar-refractivity contribution in [1.82, 2.24) is 4.90 Å². The average Bonchev–Trinajstić information content (AvgIpc) is 3.10. The molecular weight excluding hydrogens is 378 g/mol. The lowest BCUT2D eigenvalue weighted by Gasteiger charge is -2.30. The smallest absolute Gasteiger partial charge is 0.335 e. The van der Waals surface area contributed by atoms with Gasteiger partial charge >= 0.3 is 5.97 Å². The Morgan fingerprint density at radius 3 is 2.47 bits per heavy atom. The van der Waals surface area contributed by atoms with Crippen LogP contribution in [0.4, 0.5) is 0 Å². The molecule has 0 bridgehead atoms. The SMILES string of the molecule is CC(C)(c1ccccc1)[C@@H](O)C=C[C@H]1CCC(=O)N1CCc1ccc(C(=O)O)cc1. The second kappa shape index (κ2) is 9.26. The molecule has 0 radical (unpaired) electrons. The number of aliphatic hydroxyl groups excluding tert-OH is 1. The number of hydrogen-bond donors (Lipinski definition) is 2. The van der Waals surface area contributed by atoms with Gasteiger partial charge in [0.15, 0.2) is 0 Å². The van der Waals surface area contributed by atoms with Gasteiger partial charge in [-0.15, -0.1) is 0 Å². The monoisotopic (exact) mass is 407 g/mol. The number of nitrogens with zero attached hydrogens (tertiary/aromatic N) is 1. The summed E-state index contributed by atoms with van der Waals surface area (Å²) in [6, 6.07) is 16.6. The summed E-state index contributed by atoms with van der Waals surface area (Å²) in [7, 11) is 0. The number of benzene rings is 2. The van der Waals surface area contributed by atoms with Gasteiger partial charge in [-0.05, 0) is 36.1 Å². The Morgan fingerprint density at radius 1 is 1.17 bits per heavy atom. The highest BCUT2D eigenvalue weighted by atomic mass is 16.4. The van der Waals surface area contributed by atoms with E-state index in [0.29, 0.717) is 19.4 Å². The second-order valence-corrected chi connectivity index (χ2v) is 8.36. The molecule has 1 heterocycles. The number of aliphatic hydroxyl groups is 1. The summed E-state index contributed by atoms with van der Waals surface area (Å²) in [5.74, 6) is -0.831. The van der Waals surface area contributed by atoms with Crippen LogP contribution in [0.15, 0.2) is 66.7 Å². The number of carboxylic acid groups (broad SMARTS) is 1. The van der Waals surface area contributed by atoms with Crippen LogP contribution in [0.1, 0.15) is 48.2 Å². The molecule has 2 N–H and O–H groups in total. The number of hydrogen-bond acceptors (Lipinski definition) is 3. The number of carbonyl (C=O) groups excluding carboxylic acids is 1. The van der Waals surface area contributed by atoms with Crippen LogP contribution in [-0.2, 0) is 16.6 Å². The van der Waals surface area contributed by atoms with Gasteiger partial charge in [0.2, 0.25) is 5.91 Å². The second-order valence-electron chi connectivity index (χ2n) is 8.36. The minimum atomic E-state index is -0.946. The molecule has 30 heavy (non-hydrogen) atoms. The first-order chi connectivity index (χ1) is 14.3. The maximum atomic E-state index is 12.4. The van der Waals surface area contributed by atoms with E-state index in [1.807, 2.05) is 61.2 Å². The lowest BCUT2D eigenvalue weighted by atomic mass is 9.79. The van der Waals surface area contributed by atoms with Crippen LogP contribution in [0.25, 0.3) is 0 Å². The van der Waals surface area contributed by atoms with E-state index in [1.165, 1.54) is 0 Å². The fraction of sp³-hybridized carbons (Fsp3) is 0.360. The van der Waals surface area contributed by atoms with E-state index >= 15 is 0 Å². The van der Waals surface area contributed by atoms with Crippen molar-refractivity contribution in [2.45, 2.75) is 50.7 Å². The zero-order chi connectivity index (χ0) is 21.7. The van der Waals surface area contributed by atoms with Gasteiger partial charge in [0.1, 0.15) is 0 Å². The van der Waals surface area contributed by atoms with E-state index in [-0.39, 0.29) is 17.5 Å². The van der Waals surface area contributed by atoms with E-state index in [2.05, 4.69) is 0 Å². The Labute approximate surface area is 177 Å². The molecule has 0 spiro atoms. The molecule has 5 heteroatoms. The highest BCUT2D eigenvalue weighted by Gasteiger charge is 2.31. The molecule has 1 saturated heterocycles. The molecule has 158 valence electrons. The first kappa shape index (κ1) is 21.8. The average molecular weight is 408 g/mol. The van der Waals surface area contributed by atoms with Crippen molar-refractivity contribution in [2.75, 3.05) is 6.54 Å². The standard InChI is InChI=1S/C25H29NO4/c1-25(2,20-6-4-3-5-7-20)22(27)14-12-21-13-15-23(28)26(21)17-16-18-8-10-19(11-9-18)24(29)30/h3-12,14,21-22,27H,13,15-17H2,1-2H3,(H,29,30)/t21-,22-/m0/s1. The normalized spacial score (nSPS) is 18.2. The number of rotatable bonds is 8. The van der Waals surface area contributed by atoms with Gasteiger partial charge < -0.3 is 15.1 Å². The van der Waals surface area contributed by atoms with Gasteiger partial charge in [-0.3, -0.25) is 4.79 Å². The molecule has 0 unspecified atom stereocenters. The van der Waals surface area contributed by atoms with Gasteiger partial charge in [0.25, 0.3) is 0 Å². The predicted molar refractivity (Wildman–Crippen MR) is 116 cm³/mol. The van der Waals surface area contributed by atoms with Crippen molar-refractivity contribution in [3.05, 3.63) is 83.4 Å². The molecule has 1 fully saturated rings. The third kappa shape index (κ3) is 4.97. The van der Waals surface area contributed by atoms with Crippen LogP contribution in [0.3, 0.4) is 0 Å². The quantitative estimate of drug-likeness (QED) is 0.652. The Balaban J connectivity index is 1.63. The summed E-state index contributed by atoms with van der Waals surface area (Å²) < 4.78 is 0. The Bertz CT molecular complexity index is 903. The Morgan fingerprint density at radius 2 is 1.83 bits per heavy atom. The zero-order valence-corrected chi connectivity index (χ0v) is 17.5. The molecule has 2 aromatic rings. The van der Waals surface area contributed by atoms with Crippen molar-refractivity contribution < 1.29 is 19.8 Å². The Hall–Kier alpha value is -2.92. The van der Waals surface area contributed by atoms with Crippen molar-refractivity contribution in [3.8, 4) is 0 Å². The molecule has 1 aliphatic heterocycles. The first-order valence-electron chi connectivity index (χ1n) is 10.3. The topological polar surface area (TPSA) is 77.8 Å². The summed E-state index contributed by atoms with van der Waals surface area (Å²) in [5, 5.41) is 19.8. The third-order valence-corrected chi connectivity index (χ3v) is 5.99. The summed E-state index contributed by atoms with van der Waals surface area (Å²) in [6.07, 6.45) is 5.00. The summed E-state index contributed by atoms with van der Waals surface area (Å²) in [4.78, 5) is 25.2. The zero-order valence-electron chi connectivity index (χ0n) is 17.5. The first-order valence-corrected chi connectivity index (χ1v) is 10.3. The van der Waals surface area contributed by atoms with Crippen molar-refractivity contribution in [2.24, 2.45) is 0 Å². The van der Waals surface area contributed by atoms with Gasteiger partial charge in [-0.1, -0.05) is 68.5 Å². The molecular formula is C25H29NO4. The van der Waals surface area contributed by atoms with E-state index in [0.717, 1.165) is 17.5 Å². The largest absolute Gasteiger partial charge is 0.478 e. The number of amides is 1. The van der Waals surface area contributed by atoms with Gasteiger partial charge in [0, 0.05) is 18.4 Å².